The molecule has 2 rings (SSSR count). The minimum absolute atomic E-state index is 0.0827. The maximum Gasteiger partial charge on any atom is 0.257 e. The number of aliphatic hydroxyl groups excluding tert-OH is 1. The summed E-state index contributed by atoms with van der Waals surface area (Å²) in [5, 5.41) is 9.50. The van der Waals surface area contributed by atoms with Gasteiger partial charge >= 0.3 is 0 Å². The van der Waals surface area contributed by atoms with Gasteiger partial charge in [0.05, 0.1) is 11.7 Å². The molecule has 1 aromatic carbocycles. The Bertz CT molecular complexity index is 491. The SMILES string of the molecule is CC(O)CC1CCCCN1C(=O)c1ccc(F)cc1F. The molecule has 1 aromatic rings. The molecule has 1 aliphatic heterocycles. The Morgan fingerprint density at radius 1 is 1.45 bits per heavy atom. The molecule has 1 aliphatic rings. The second-order valence-electron chi connectivity index (χ2n) is 5.36. The van der Waals surface area contributed by atoms with E-state index in [2.05, 4.69) is 0 Å². The molecule has 110 valence electrons. The molecule has 0 spiro atoms. The molecular formula is C15H19F2NO2. The van der Waals surface area contributed by atoms with Crippen molar-refractivity contribution in [3.8, 4) is 0 Å². The van der Waals surface area contributed by atoms with Crippen molar-refractivity contribution in [3.05, 3.63) is 35.4 Å². The van der Waals surface area contributed by atoms with E-state index in [0.29, 0.717) is 13.0 Å². The van der Waals surface area contributed by atoms with Crippen LogP contribution in [0.15, 0.2) is 18.2 Å². The van der Waals surface area contributed by atoms with Crippen molar-refractivity contribution in [1.82, 2.24) is 4.90 Å². The Morgan fingerprint density at radius 3 is 2.85 bits per heavy atom. The first-order valence-corrected chi connectivity index (χ1v) is 6.93. The summed E-state index contributed by atoms with van der Waals surface area (Å²) in [4.78, 5) is 14.0. The summed E-state index contributed by atoms with van der Waals surface area (Å²) in [6.45, 7) is 2.22. The lowest BCUT2D eigenvalue weighted by atomic mass is 9.96. The summed E-state index contributed by atoms with van der Waals surface area (Å²) in [5.74, 6) is -1.96. The van der Waals surface area contributed by atoms with Gasteiger partial charge in [-0.1, -0.05) is 0 Å². The number of piperidine rings is 1. The van der Waals surface area contributed by atoms with Crippen LogP contribution in [0.3, 0.4) is 0 Å². The Balaban J connectivity index is 2.20. The molecule has 0 aromatic heterocycles. The highest BCUT2D eigenvalue weighted by atomic mass is 19.1. The lowest BCUT2D eigenvalue weighted by Gasteiger charge is -2.36. The molecule has 1 heterocycles. The van der Waals surface area contributed by atoms with Crippen LogP contribution in [-0.4, -0.2) is 34.6 Å². The number of halogens is 2. The van der Waals surface area contributed by atoms with E-state index >= 15 is 0 Å². The summed E-state index contributed by atoms with van der Waals surface area (Å²) in [6, 6.07) is 2.91. The number of amides is 1. The molecule has 1 saturated heterocycles. The van der Waals surface area contributed by atoms with Gasteiger partial charge in [-0.05, 0) is 44.7 Å². The molecule has 2 unspecified atom stereocenters. The number of benzene rings is 1. The van der Waals surface area contributed by atoms with E-state index in [1.165, 1.54) is 6.07 Å². The van der Waals surface area contributed by atoms with Crippen molar-refractivity contribution in [2.45, 2.75) is 44.8 Å². The summed E-state index contributed by atoms with van der Waals surface area (Å²) in [6.07, 6.45) is 2.64. The highest BCUT2D eigenvalue weighted by molar-refractivity contribution is 5.94. The third-order valence-corrected chi connectivity index (χ3v) is 3.66. The second-order valence-corrected chi connectivity index (χ2v) is 5.36. The van der Waals surface area contributed by atoms with Crippen molar-refractivity contribution in [1.29, 1.82) is 0 Å². The maximum absolute atomic E-state index is 13.7. The summed E-state index contributed by atoms with van der Waals surface area (Å²) < 4.78 is 26.6. The van der Waals surface area contributed by atoms with E-state index in [4.69, 9.17) is 0 Å². The first-order chi connectivity index (χ1) is 9.49. The van der Waals surface area contributed by atoms with Crippen LogP contribution < -0.4 is 0 Å². The normalized spacial score (nSPS) is 20.8. The first-order valence-electron chi connectivity index (χ1n) is 6.93. The average Bonchev–Trinajstić information content (AvgIpc) is 2.38. The van der Waals surface area contributed by atoms with Crippen LogP contribution in [0.25, 0.3) is 0 Å². The van der Waals surface area contributed by atoms with Gasteiger partial charge in [0.15, 0.2) is 0 Å². The molecular weight excluding hydrogens is 264 g/mol. The van der Waals surface area contributed by atoms with E-state index in [9.17, 15) is 18.7 Å². The minimum atomic E-state index is -0.837. The van der Waals surface area contributed by atoms with Crippen molar-refractivity contribution in [3.63, 3.8) is 0 Å². The van der Waals surface area contributed by atoms with Gasteiger partial charge in [0.1, 0.15) is 11.6 Å². The summed E-state index contributed by atoms with van der Waals surface area (Å²) >= 11 is 0. The Hall–Kier alpha value is -1.49. The fraction of sp³-hybridized carbons (Fsp3) is 0.533. The van der Waals surface area contributed by atoms with Gasteiger partial charge in [-0.25, -0.2) is 8.78 Å². The highest BCUT2D eigenvalue weighted by Crippen LogP contribution is 2.24. The van der Waals surface area contributed by atoms with Crippen LogP contribution >= 0.6 is 0 Å². The zero-order valence-electron chi connectivity index (χ0n) is 11.5. The van der Waals surface area contributed by atoms with Crippen LogP contribution in [0.2, 0.25) is 0 Å². The minimum Gasteiger partial charge on any atom is -0.393 e. The Labute approximate surface area is 117 Å². The van der Waals surface area contributed by atoms with Crippen LogP contribution in [-0.2, 0) is 0 Å². The molecule has 3 nitrogen and oxygen atoms in total. The van der Waals surface area contributed by atoms with Gasteiger partial charge in [-0.2, -0.15) is 0 Å². The number of rotatable bonds is 3. The summed E-state index contributed by atoms with van der Waals surface area (Å²) in [5.41, 5.74) is -0.108. The van der Waals surface area contributed by atoms with Gasteiger partial charge in [0.2, 0.25) is 0 Å². The fourth-order valence-corrected chi connectivity index (χ4v) is 2.72. The van der Waals surface area contributed by atoms with E-state index in [-0.39, 0.29) is 11.6 Å². The van der Waals surface area contributed by atoms with Crippen molar-refractivity contribution < 1.29 is 18.7 Å². The molecule has 1 fully saturated rings. The number of carbonyl (C=O) groups excluding carboxylic acids is 1. The molecule has 0 radical (unpaired) electrons. The van der Waals surface area contributed by atoms with Gasteiger partial charge in [0.25, 0.3) is 5.91 Å². The largest absolute Gasteiger partial charge is 0.393 e. The summed E-state index contributed by atoms with van der Waals surface area (Å²) in [7, 11) is 0. The standard InChI is InChI=1S/C15H19F2NO2/c1-10(19)8-12-4-2-3-7-18(12)15(20)13-6-5-11(16)9-14(13)17/h5-6,9-10,12,19H,2-4,7-8H2,1H3. The quantitative estimate of drug-likeness (QED) is 0.926. The predicted octanol–water partition coefficient (Wildman–Crippen LogP) is 2.73. The zero-order chi connectivity index (χ0) is 14.7. The van der Waals surface area contributed by atoms with Gasteiger partial charge in [-0.15, -0.1) is 0 Å². The molecule has 0 saturated carbocycles. The number of hydrogen-bond acceptors (Lipinski definition) is 2. The van der Waals surface area contributed by atoms with Gasteiger partial charge in [0, 0.05) is 18.7 Å². The number of aliphatic hydroxyl groups is 1. The third-order valence-electron chi connectivity index (χ3n) is 3.66. The molecule has 0 aliphatic carbocycles. The lowest BCUT2D eigenvalue weighted by molar-refractivity contribution is 0.0510. The van der Waals surface area contributed by atoms with E-state index in [1.807, 2.05) is 0 Å². The average molecular weight is 283 g/mol. The van der Waals surface area contributed by atoms with Crippen molar-refractivity contribution >= 4 is 5.91 Å². The zero-order valence-corrected chi connectivity index (χ0v) is 11.5. The second kappa shape index (κ2) is 6.31. The molecule has 20 heavy (non-hydrogen) atoms. The molecule has 0 bridgehead atoms. The lowest BCUT2D eigenvalue weighted by Crippen LogP contribution is -2.45. The number of nitrogens with zero attached hydrogens (tertiary/aromatic N) is 1. The highest BCUT2D eigenvalue weighted by Gasteiger charge is 2.29. The molecule has 2 atom stereocenters. The van der Waals surface area contributed by atoms with E-state index < -0.39 is 23.6 Å². The topological polar surface area (TPSA) is 40.5 Å². The number of likely N-dealkylation sites (tertiary alicyclic amines) is 1. The van der Waals surface area contributed by atoms with Gasteiger partial charge < -0.3 is 10.0 Å². The monoisotopic (exact) mass is 283 g/mol. The Morgan fingerprint density at radius 2 is 2.20 bits per heavy atom. The number of hydrogen-bond donors (Lipinski definition) is 1. The van der Waals surface area contributed by atoms with Crippen LogP contribution in [0.4, 0.5) is 8.78 Å². The van der Waals surface area contributed by atoms with Crippen molar-refractivity contribution in [2.75, 3.05) is 6.54 Å². The van der Waals surface area contributed by atoms with E-state index in [0.717, 1.165) is 31.4 Å². The fourth-order valence-electron chi connectivity index (χ4n) is 2.72. The predicted molar refractivity (Wildman–Crippen MR) is 71.3 cm³/mol. The van der Waals surface area contributed by atoms with Crippen LogP contribution in [0, 0.1) is 11.6 Å². The molecule has 1 N–H and O–H groups in total. The molecule has 5 heteroatoms. The van der Waals surface area contributed by atoms with Crippen molar-refractivity contribution in [2.24, 2.45) is 0 Å². The smallest absolute Gasteiger partial charge is 0.257 e. The number of carbonyl (C=O) groups is 1. The third kappa shape index (κ3) is 3.33. The molecule has 1 amide bonds. The van der Waals surface area contributed by atoms with Gasteiger partial charge in [-0.3, -0.25) is 4.79 Å². The maximum atomic E-state index is 13.7. The first kappa shape index (κ1) is 14.9. The van der Waals surface area contributed by atoms with E-state index in [1.54, 1.807) is 11.8 Å². The van der Waals surface area contributed by atoms with Crippen LogP contribution in [0.5, 0.6) is 0 Å². The Kier molecular flexibility index (Phi) is 4.70. The van der Waals surface area contributed by atoms with Crippen LogP contribution in [0.1, 0.15) is 43.0 Å².